The summed E-state index contributed by atoms with van der Waals surface area (Å²) in [6.07, 6.45) is 2.36. The molecule has 0 atom stereocenters. The number of nitrogens with zero attached hydrogens (tertiary/aromatic N) is 2. The zero-order valence-electron chi connectivity index (χ0n) is 15.2. The van der Waals surface area contributed by atoms with Crippen molar-refractivity contribution in [2.75, 3.05) is 25.1 Å². The molecule has 140 valence electrons. The van der Waals surface area contributed by atoms with Crippen molar-refractivity contribution < 1.29 is 13.9 Å². The lowest BCUT2D eigenvalue weighted by molar-refractivity contribution is 0.171. The van der Waals surface area contributed by atoms with Gasteiger partial charge in [0, 0.05) is 12.1 Å². The maximum absolute atomic E-state index is 5.90. The van der Waals surface area contributed by atoms with Gasteiger partial charge in [-0.2, -0.15) is 0 Å². The number of anilines is 1. The van der Waals surface area contributed by atoms with Crippen molar-refractivity contribution in [2.45, 2.75) is 6.42 Å². The molecule has 0 radical (unpaired) electrons. The molecule has 0 aliphatic carbocycles. The third-order valence-electron chi connectivity index (χ3n) is 4.70. The van der Waals surface area contributed by atoms with Gasteiger partial charge < -0.3 is 19.2 Å². The van der Waals surface area contributed by atoms with Crippen LogP contribution in [0.5, 0.6) is 11.5 Å². The minimum absolute atomic E-state index is 0.579. The average Bonchev–Trinajstić information content (AvgIpc) is 3.20. The Morgan fingerprint density at radius 2 is 1.75 bits per heavy atom. The third-order valence-corrected chi connectivity index (χ3v) is 4.70. The second kappa shape index (κ2) is 7.23. The molecular weight excluding hydrogens is 354 g/mol. The summed E-state index contributed by atoms with van der Waals surface area (Å²) in [4.78, 5) is 8.64. The normalized spacial score (nSPS) is 12.9. The first-order valence-corrected chi connectivity index (χ1v) is 9.29. The lowest BCUT2D eigenvalue weighted by Gasteiger charge is -2.18. The third kappa shape index (κ3) is 3.24. The van der Waals surface area contributed by atoms with E-state index in [0.29, 0.717) is 18.9 Å². The van der Waals surface area contributed by atoms with Crippen LogP contribution in [0.1, 0.15) is 5.56 Å². The lowest BCUT2D eigenvalue weighted by atomic mass is 10.1. The smallest absolute Gasteiger partial charge is 0.231 e. The Bertz CT molecular complexity index is 1110. The van der Waals surface area contributed by atoms with Crippen LogP contribution < -0.4 is 14.8 Å². The Labute approximate surface area is 162 Å². The monoisotopic (exact) mass is 373 g/mol. The summed E-state index contributed by atoms with van der Waals surface area (Å²) in [5.74, 6) is 3.18. The molecule has 1 aliphatic heterocycles. The highest BCUT2D eigenvalue weighted by Crippen LogP contribution is 2.31. The molecule has 0 saturated carbocycles. The number of benzene rings is 2. The van der Waals surface area contributed by atoms with E-state index in [-0.39, 0.29) is 0 Å². The van der Waals surface area contributed by atoms with E-state index >= 15 is 0 Å². The molecular formula is C22H19N3O3. The van der Waals surface area contributed by atoms with Crippen molar-refractivity contribution in [3.05, 3.63) is 66.5 Å². The zero-order valence-corrected chi connectivity index (χ0v) is 15.2. The van der Waals surface area contributed by atoms with Crippen LogP contribution in [0.2, 0.25) is 0 Å². The SMILES string of the molecule is c1ccc(-c2cc3c(NCCc4ccc5c(c4)OCCO5)ncnc3o2)cc1. The van der Waals surface area contributed by atoms with Gasteiger partial charge in [-0.15, -0.1) is 0 Å². The van der Waals surface area contributed by atoms with Gasteiger partial charge in [0.2, 0.25) is 5.71 Å². The highest BCUT2D eigenvalue weighted by atomic mass is 16.6. The predicted molar refractivity (Wildman–Crippen MR) is 107 cm³/mol. The molecule has 1 aliphatic rings. The number of hydrogen-bond acceptors (Lipinski definition) is 6. The van der Waals surface area contributed by atoms with Gasteiger partial charge in [-0.1, -0.05) is 36.4 Å². The predicted octanol–water partition coefficient (Wildman–Crippen LogP) is 4.32. The van der Waals surface area contributed by atoms with Gasteiger partial charge in [-0.3, -0.25) is 0 Å². The summed E-state index contributed by atoms with van der Waals surface area (Å²) in [7, 11) is 0. The largest absolute Gasteiger partial charge is 0.486 e. The number of rotatable bonds is 5. The van der Waals surface area contributed by atoms with Crippen molar-refractivity contribution >= 4 is 16.9 Å². The number of aromatic nitrogens is 2. The molecule has 2 aromatic carbocycles. The summed E-state index contributed by atoms with van der Waals surface area (Å²) >= 11 is 0. The summed E-state index contributed by atoms with van der Waals surface area (Å²) < 4.78 is 17.1. The van der Waals surface area contributed by atoms with E-state index in [1.165, 1.54) is 11.9 Å². The summed E-state index contributed by atoms with van der Waals surface area (Å²) in [5, 5.41) is 4.28. The minimum Gasteiger partial charge on any atom is -0.486 e. The molecule has 0 unspecified atom stereocenters. The van der Waals surface area contributed by atoms with Crippen LogP contribution in [0, 0.1) is 0 Å². The van der Waals surface area contributed by atoms with E-state index in [2.05, 4.69) is 21.4 Å². The number of furan rings is 1. The topological polar surface area (TPSA) is 69.4 Å². The average molecular weight is 373 g/mol. The maximum atomic E-state index is 5.90. The van der Waals surface area contributed by atoms with E-state index in [4.69, 9.17) is 13.9 Å². The molecule has 1 N–H and O–H groups in total. The fourth-order valence-corrected chi connectivity index (χ4v) is 3.31. The Hall–Kier alpha value is -3.54. The van der Waals surface area contributed by atoms with Crippen LogP contribution in [-0.4, -0.2) is 29.7 Å². The molecule has 4 aromatic rings. The van der Waals surface area contributed by atoms with Gasteiger partial charge in [0.05, 0.1) is 5.39 Å². The fourth-order valence-electron chi connectivity index (χ4n) is 3.31. The first-order chi connectivity index (χ1) is 13.9. The van der Waals surface area contributed by atoms with E-state index in [1.54, 1.807) is 0 Å². The van der Waals surface area contributed by atoms with E-state index in [0.717, 1.165) is 47.0 Å². The molecule has 6 heteroatoms. The Morgan fingerprint density at radius 1 is 0.893 bits per heavy atom. The van der Waals surface area contributed by atoms with E-state index < -0.39 is 0 Å². The van der Waals surface area contributed by atoms with Gasteiger partial charge in [0.1, 0.15) is 31.1 Å². The van der Waals surface area contributed by atoms with Crippen LogP contribution in [0.3, 0.4) is 0 Å². The molecule has 5 rings (SSSR count). The highest BCUT2D eigenvalue weighted by molar-refractivity contribution is 5.89. The molecule has 0 bridgehead atoms. The number of nitrogens with one attached hydrogen (secondary N) is 1. The van der Waals surface area contributed by atoms with Crippen molar-refractivity contribution in [1.82, 2.24) is 9.97 Å². The van der Waals surface area contributed by atoms with Crippen LogP contribution >= 0.6 is 0 Å². The molecule has 0 amide bonds. The van der Waals surface area contributed by atoms with Crippen molar-refractivity contribution in [3.8, 4) is 22.8 Å². The molecule has 28 heavy (non-hydrogen) atoms. The molecule has 3 heterocycles. The Kier molecular flexibility index (Phi) is 4.29. The Balaban J connectivity index is 1.32. The van der Waals surface area contributed by atoms with Crippen LogP contribution in [0.4, 0.5) is 5.82 Å². The second-order valence-electron chi connectivity index (χ2n) is 6.57. The minimum atomic E-state index is 0.579. The van der Waals surface area contributed by atoms with Gasteiger partial charge >= 0.3 is 0 Å². The number of ether oxygens (including phenoxy) is 2. The summed E-state index contributed by atoms with van der Waals surface area (Å²) in [6, 6.07) is 18.0. The molecule has 6 nitrogen and oxygen atoms in total. The summed E-state index contributed by atoms with van der Waals surface area (Å²) in [6.45, 7) is 1.93. The van der Waals surface area contributed by atoms with Crippen molar-refractivity contribution in [1.29, 1.82) is 0 Å². The molecule has 0 spiro atoms. The number of hydrogen-bond donors (Lipinski definition) is 1. The highest BCUT2D eigenvalue weighted by Gasteiger charge is 2.13. The van der Waals surface area contributed by atoms with Crippen molar-refractivity contribution in [3.63, 3.8) is 0 Å². The molecule has 2 aromatic heterocycles. The number of fused-ring (bicyclic) bond motifs is 2. The lowest BCUT2D eigenvalue weighted by Crippen LogP contribution is -2.15. The fraction of sp³-hybridized carbons (Fsp3) is 0.182. The maximum Gasteiger partial charge on any atom is 0.231 e. The standard InChI is InChI=1S/C22H19N3O3/c1-2-4-16(5-3-1)19-13-17-21(24-14-25-22(17)28-19)23-9-8-15-6-7-18-20(12-15)27-11-10-26-18/h1-7,12-14H,8-11H2,(H,23,24,25). The van der Waals surface area contributed by atoms with Crippen LogP contribution in [0.25, 0.3) is 22.4 Å². The van der Waals surface area contributed by atoms with Gasteiger partial charge in [-0.05, 0) is 30.2 Å². The van der Waals surface area contributed by atoms with Gasteiger partial charge in [0.15, 0.2) is 11.5 Å². The molecule has 0 fully saturated rings. The van der Waals surface area contributed by atoms with Gasteiger partial charge in [-0.25, -0.2) is 9.97 Å². The van der Waals surface area contributed by atoms with Crippen molar-refractivity contribution in [2.24, 2.45) is 0 Å². The van der Waals surface area contributed by atoms with Gasteiger partial charge in [0.25, 0.3) is 0 Å². The first-order valence-electron chi connectivity index (χ1n) is 9.29. The second-order valence-corrected chi connectivity index (χ2v) is 6.57. The quantitative estimate of drug-likeness (QED) is 0.562. The molecule has 0 saturated heterocycles. The van der Waals surface area contributed by atoms with E-state index in [9.17, 15) is 0 Å². The van der Waals surface area contributed by atoms with Crippen LogP contribution in [0.15, 0.2) is 65.3 Å². The zero-order chi connectivity index (χ0) is 18.8. The summed E-state index contributed by atoms with van der Waals surface area (Å²) in [5.41, 5.74) is 2.78. The van der Waals surface area contributed by atoms with Crippen LogP contribution in [-0.2, 0) is 6.42 Å². The first kappa shape index (κ1) is 16.6. The Morgan fingerprint density at radius 3 is 2.64 bits per heavy atom. The van der Waals surface area contributed by atoms with E-state index in [1.807, 2.05) is 48.5 Å².